The zero-order valence-electron chi connectivity index (χ0n) is 8.67. The molecule has 2 rings (SSSR count). The van der Waals surface area contributed by atoms with E-state index in [1.54, 1.807) is 18.5 Å². The molecule has 3 nitrogen and oxygen atoms in total. The first-order chi connectivity index (χ1) is 7.66. The number of aromatic amines is 1. The number of benzene rings is 1. The largest absolute Gasteiger partial charge is 0.376 e. The van der Waals surface area contributed by atoms with E-state index in [4.69, 9.17) is 11.6 Å². The lowest BCUT2D eigenvalue weighted by Gasteiger charge is -2.15. The molecule has 0 amide bonds. The second-order valence-electron chi connectivity index (χ2n) is 3.52. The molecule has 0 fully saturated rings. The normalized spacial score (nSPS) is 12.4. The van der Waals surface area contributed by atoms with Gasteiger partial charge in [-0.3, -0.25) is 5.10 Å². The van der Waals surface area contributed by atoms with Crippen LogP contribution in [-0.4, -0.2) is 10.2 Å². The average molecular weight is 240 g/mol. The third kappa shape index (κ3) is 2.33. The van der Waals surface area contributed by atoms with Crippen LogP contribution in [0.4, 0.5) is 10.1 Å². The number of hydrogen-bond acceptors (Lipinski definition) is 2. The van der Waals surface area contributed by atoms with Crippen LogP contribution in [0.15, 0.2) is 30.6 Å². The zero-order chi connectivity index (χ0) is 11.5. The molecule has 0 aliphatic rings. The average Bonchev–Trinajstić information content (AvgIpc) is 2.70. The van der Waals surface area contributed by atoms with Gasteiger partial charge in [0, 0.05) is 11.2 Å². The van der Waals surface area contributed by atoms with E-state index in [9.17, 15) is 4.39 Å². The molecule has 1 aromatic carbocycles. The van der Waals surface area contributed by atoms with Crippen molar-refractivity contribution in [1.29, 1.82) is 0 Å². The fourth-order valence-corrected chi connectivity index (χ4v) is 1.84. The van der Waals surface area contributed by atoms with Gasteiger partial charge in [0.2, 0.25) is 0 Å². The van der Waals surface area contributed by atoms with Gasteiger partial charge in [0.25, 0.3) is 0 Å². The van der Waals surface area contributed by atoms with E-state index >= 15 is 0 Å². The SMILES string of the molecule is CC(Nc1cn[nH]c1)c1ccc(F)cc1Cl. The summed E-state index contributed by atoms with van der Waals surface area (Å²) in [6.45, 7) is 1.95. The molecule has 2 N–H and O–H groups in total. The molecule has 5 heteroatoms. The van der Waals surface area contributed by atoms with Crippen molar-refractivity contribution in [2.45, 2.75) is 13.0 Å². The summed E-state index contributed by atoms with van der Waals surface area (Å²) in [5.74, 6) is -0.329. The van der Waals surface area contributed by atoms with Gasteiger partial charge in [-0.2, -0.15) is 5.10 Å². The lowest BCUT2D eigenvalue weighted by molar-refractivity contribution is 0.626. The summed E-state index contributed by atoms with van der Waals surface area (Å²) < 4.78 is 12.9. The van der Waals surface area contributed by atoms with Crippen molar-refractivity contribution in [3.05, 3.63) is 47.0 Å². The number of rotatable bonds is 3. The predicted molar refractivity (Wildman–Crippen MR) is 62.0 cm³/mol. The van der Waals surface area contributed by atoms with Gasteiger partial charge in [0.05, 0.1) is 17.9 Å². The molecule has 0 aliphatic carbocycles. The highest BCUT2D eigenvalue weighted by Crippen LogP contribution is 2.26. The number of anilines is 1. The van der Waals surface area contributed by atoms with Gasteiger partial charge in [-0.15, -0.1) is 0 Å². The molecule has 0 saturated heterocycles. The van der Waals surface area contributed by atoms with E-state index in [-0.39, 0.29) is 11.9 Å². The van der Waals surface area contributed by atoms with Crippen LogP contribution >= 0.6 is 11.6 Å². The van der Waals surface area contributed by atoms with Crippen molar-refractivity contribution >= 4 is 17.3 Å². The minimum absolute atomic E-state index is 0.00861. The van der Waals surface area contributed by atoms with Gasteiger partial charge >= 0.3 is 0 Å². The van der Waals surface area contributed by atoms with E-state index in [0.717, 1.165) is 11.3 Å². The van der Waals surface area contributed by atoms with Crippen molar-refractivity contribution in [2.24, 2.45) is 0 Å². The fraction of sp³-hybridized carbons (Fsp3) is 0.182. The van der Waals surface area contributed by atoms with Gasteiger partial charge < -0.3 is 5.32 Å². The lowest BCUT2D eigenvalue weighted by Crippen LogP contribution is -2.06. The van der Waals surface area contributed by atoms with Crippen LogP contribution in [0.2, 0.25) is 5.02 Å². The summed E-state index contributed by atoms with van der Waals surface area (Å²) in [7, 11) is 0. The predicted octanol–water partition coefficient (Wildman–Crippen LogP) is 3.38. The summed E-state index contributed by atoms with van der Waals surface area (Å²) >= 11 is 5.96. The Kier molecular flexibility index (Phi) is 3.10. The van der Waals surface area contributed by atoms with Crippen molar-refractivity contribution < 1.29 is 4.39 Å². The summed E-state index contributed by atoms with van der Waals surface area (Å²) in [6, 6.07) is 4.37. The maximum Gasteiger partial charge on any atom is 0.124 e. The Morgan fingerprint density at radius 3 is 2.94 bits per heavy atom. The number of aromatic nitrogens is 2. The number of halogens is 2. The topological polar surface area (TPSA) is 40.7 Å². The number of H-pyrrole nitrogens is 1. The third-order valence-corrected chi connectivity index (χ3v) is 2.64. The summed E-state index contributed by atoms with van der Waals surface area (Å²) in [6.07, 6.45) is 3.42. The first-order valence-electron chi connectivity index (χ1n) is 4.87. The Bertz CT molecular complexity index is 470. The lowest BCUT2D eigenvalue weighted by atomic mass is 10.1. The maximum atomic E-state index is 12.9. The van der Waals surface area contributed by atoms with Crippen LogP contribution in [0.3, 0.4) is 0 Å². The molecular formula is C11H11ClFN3. The number of nitrogens with one attached hydrogen (secondary N) is 2. The van der Waals surface area contributed by atoms with E-state index in [0.29, 0.717) is 5.02 Å². The Morgan fingerprint density at radius 2 is 2.31 bits per heavy atom. The van der Waals surface area contributed by atoms with Gasteiger partial charge in [-0.25, -0.2) is 4.39 Å². The minimum Gasteiger partial charge on any atom is -0.376 e. The molecule has 1 unspecified atom stereocenters. The van der Waals surface area contributed by atoms with Crippen LogP contribution in [-0.2, 0) is 0 Å². The number of nitrogens with zero attached hydrogens (tertiary/aromatic N) is 1. The summed E-state index contributed by atoms with van der Waals surface area (Å²) in [5, 5.41) is 10.1. The second-order valence-corrected chi connectivity index (χ2v) is 3.93. The first kappa shape index (κ1) is 11.0. The quantitative estimate of drug-likeness (QED) is 0.862. The van der Waals surface area contributed by atoms with E-state index in [2.05, 4.69) is 15.5 Å². The molecule has 1 heterocycles. The van der Waals surface area contributed by atoms with Gasteiger partial charge in [0.1, 0.15) is 5.82 Å². The van der Waals surface area contributed by atoms with Crippen molar-refractivity contribution in [1.82, 2.24) is 10.2 Å². The van der Waals surface area contributed by atoms with Gasteiger partial charge in [-0.05, 0) is 24.6 Å². The highest BCUT2D eigenvalue weighted by Gasteiger charge is 2.10. The summed E-state index contributed by atoms with van der Waals surface area (Å²) in [5.41, 5.74) is 1.72. The fourth-order valence-electron chi connectivity index (χ4n) is 1.51. The Balaban J connectivity index is 2.17. The Morgan fingerprint density at radius 1 is 1.50 bits per heavy atom. The standard InChI is InChI=1S/C11H11ClFN3/c1-7(16-9-5-14-15-6-9)10-3-2-8(13)4-11(10)12/h2-7,16H,1H3,(H,14,15). The molecular weight excluding hydrogens is 229 g/mol. The van der Waals surface area contributed by atoms with Crippen molar-refractivity contribution in [2.75, 3.05) is 5.32 Å². The molecule has 0 aliphatic heterocycles. The monoisotopic (exact) mass is 239 g/mol. The molecule has 1 atom stereocenters. The second kappa shape index (κ2) is 4.53. The molecule has 0 saturated carbocycles. The van der Waals surface area contributed by atoms with E-state index in [1.165, 1.54) is 12.1 Å². The molecule has 1 aromatic heterocycles. The smallest absolute Gasteiger partial charge is 0.124 e. The maximum absolute atomic E-state index is 12.9. The Labute approximate surface area is 97.6 Å². The molecule has 2 aromatic rings. The minimum atomic E-state index is -0.329. The van der Waals surface area contributed by atoms with Gasteiger partial charge in [-0.1, -0.05) is 17.7 Å². The molecule has 84 valence electrons. The molecule has 0 bridgehead atoms. The molecule has 16 heavy (non-hydrogen) atoms. The third-order valence-electron chi connectivity index (χ3n) is 2.31. The van der Waals surface area contributed by atoms with Crippen molar-refractivity contribution in [3.63, 3.8) is 0 Å². The number of hydrogen-bond donors (Lipinski definition) is 2. The molecule has 0 radical (unpaired) electrons. The highest BCUT2D eigenvalue weighted by atomic mass is 35.5. The first-order valence-corrected chi connectivity index (χ1v) is 5.25. The van der Waals surface area contributed by atoms with Crippen LogP contribution in [0.5, 0.6) is 0 Å². The summed E-state index contributed by atoms with van der Waals surface area (Å²) in [4.78, 5) is 0. The van der Waals surface area contributed by atoms with Crippen LogP contribution in [0.1, 0.15) is 18.5 Å². The molecule has 0 spiro atoms. The van der Waals surface area contributed by atoms with E-state index in [1.807, 2.05) is 6.92 Å². The van der Waals surface area contributed by atoms with Crippen LogP contribution in [0.25, 0.3) is 0 Å². The van der Waals surface area contributed by atoms with Crippen molar-refractivity contribution in [3.8, 4) is 0 Å². The Hall–Kier alpha value is -1.55. The van der Waals surface area contributed by atoms with E-state index < -0.39 is 0 Å². The zero-order valence-corrected chi connectivity index (χ0v) is 9.42. The van der Waals surface area contributed by atoms with Crippen LogP contribution in [0, 0.1) is 5.82 Å². The highest BCUT2D eigenvalue weighted by molar-refractivity contribution is 6.31. The van der Waals surface area contributed by atoms with Gasteiger partial charge in [0.15, 0.2) is 0 Å². The van der Waals surface area contributed by atoms with Crippen LogP contribution < -0.4 is 5.32 Å².